The minimum atomic E-state index is -0.263. The van der Waals surface area contributed by atoms with E-state index in [0.717, 1.165) is 41.8 Å². The molecule has 1 amide bonds. The van der Waals surface area contributed by atoms with Crippen molar-refractivity contribution in [2.45, 2.75) is 45.3 Å². The molecule has 2 aromatic carbocycles. The van der Waals surface area contributed by atoms with Crippen LogP contribution in [0.15, 0.2) is 42.5 Å². The molecule has 0 atom stereocenters. The highest BCUT2D eigenvalue weighted by atomic mass is 19.1. The van der Waals surface area contributed by atoms with Gasteiger partial charge in [0.05, 0.1) is 19.8 Å². The second-order valence-corrected chi connectivity index (χ2v) is 7.97. The van der Waals surface area contributed by atoms with Gasteiger partial charge < -0.3 is 10.1 Å². The second kappa shape index (κ2) is 8.03. The average molecular weight is 405 g/mol. The van der Waals surface area contributed by atoms with Crippen molar-refractivity contribution in [1.82, 2.24) is 9.78 Å². The van der Waals surface area contributed by atoms with Crippen LogP contribution < -0.4 is 5.32 Å². The maximum Gasteiger partial charge on any atom is 0.276 e. The van der Waals surface area contributed by atoms with Crippen molar-refractivity contribution in [3.8, 4) is 0 Å². The van der Waals surface area contributed by atoms with Crippen LogP contribution in [0.25, 0.3) is 0 Å². The molecule has 30 heavy (non-hydrogen) atoms. The van der Waals surface area contributed by atoms with Gasteiger partial charge in [0, 0.05) is 23.4 Å². The summed E-state index contributed by atoms with van der Waals surface area (Å²) in [4.78, 5) is 13.2. The van der Waals surface area contributed by atoms with Crippen LogP contribution in [0.1, 0.15) is 51.3 Å². The van der Waals surface area contributed by atoms with E-state index >= 15 is 0 Å². The summed E-state index contributed by atoms with van der Waals surface area (Å²) in [5.41, 5.74) is 6.68. The van der Waals surface area contributed by atoms with Gasteiger partial charge in [0.2, 0.25) is 0 Å². The van der Waals surface area contributed by atoms with Gasteiger partial charge in [0.15, 0.2) is 5.69 Å². The molecule has 0 unspecified atom stereocenters. The van der Waals surface area contributed by atoms with Crippen LogP contribution >= 0.6 is 0 Å². The van der Waals surface area contributed by atoms with E-state index in [1.165, 1.54) is 29.7 Å². The number of nitrogens with zero attached hydrogens (tertiary/aromatic N) is 2. The molecule has 0 bridgehead atoms. The number of hydrogen-bond acceptors (Lipinski definition) is 3. The van der Waals surface area contributed by atoms with E-state index in [0.29, 0.717) is 31.9 Å². The average Bonchev–Trinajstić information content (AvgIpc) is 3.14. The van der Waals surface area contributed by atoms with Crippen LogP contribution in [0.4, 0.5) is 10.1 Å². The molecule has 3 aromatic rings. The van der Waals surface area contributed by atoms with Gasteiger partial charge in [-0.15, -0.1) is 0 Å². The van der Waals surface area contributed by atoms with Crippen LogP contribution in [0, 0.1) is 5.82 Å². The van der Waals surface area contributed by atoms with Gasteiger partial charge >= 0.3 is 0 Å². The van der Waals surface area contributed by atoms with Crippen molar-refractivity contribution >= 4 is 11.6 Å². The number of fused-ring (bicyclic) bond motifs is 2. The van der Waals surface area contributed by atoms with Crippen molar-refractivity contribution in [2.24, 2.45) is 0 Å². The van der Waals surface area contributed by atoms with Crippen LogP contribution in [0.3, 0.4) is 0 Å². The molecule has 5 nitrogen and oxygen atoms in total. The number of carbonyl (C=O) groups is 1. The van der Waals surface area contributed by atoms with Gasteiger partial charge in [-0.1, -0.05) is 24.3 Å². The fraction of sp³-hybridized carbons (Fsp3) is 0.333. The van der Waals surface area contributed by atoms with Crippen molar-refractivity contribution < 1.29 is 13.9 Å². The van der Waals surface area contributed by atoms with Crippen LogP contribution in [0.5, 0.6) is 0 Å². The number of aryl methyl sites for hydroxylation is 1. The molecule has 6 heteroatoms. The first-order valence-electron chi connectivity index (χ1n) is 10.5. The van der Waals surface area contributed by atoms with Crippen LogP contribution in [0.2, 0.25) is 0 Å². The fourth-order valence-electron chi connectivity index (χ4n) is 4.46. The van der Waals surface area contributed by atoms with Gasteiger partial charge in [0.1, 0.15) is 5.82 Å². The van der Waals surface area contributed by atoms with Gasteiger partial charge in [-0.05, 0) is 60.6 Å². The molecular formula is C24H24FN3O2. The lowest BCUT2D eigenvalue weighted by Crippen LogP contribution is -2.19. The van der Waals surface area contributed by atoms with E-state index in [4.69, 9.17) is 4.74 Å². The predicted octanol–water partition coefficient (Wildman–Crippen LogP) is 4.27. The molecule has 2 heterocycles. The summed E-state index contributed by atoms with van der Waals surface area (Å²) in [5, 5.41) is 7.75. The molecule has 0 saturated heterocycles. The summed E-state index contributed by atoms with van der Waals surface area (Å²) in [7, 11) is 0. The summed E-state index contributed by atoms with van der Waals surface area (Å²) >= 11 is 0. The standard InChI is InChI=1S/C24H24FN3O2/c25-18-10-8-16(9-11-18)14-28-22-12-13-30-15-20(22)23(27-28)24(29)26-21-7-3-5-17-4-1-2-6-19(17)21/h3,5,7-11H,1-2,4,6,12-15H2,(H,26,29). The Morgan fingerprint density at radius 3 is 2.77 bits per heavy atom. The Labute approximate surface area is 174 Å². The Balaban J connectivity index is 1.45. The predicted molar refractivity (Wildman–Crippen MR) is 112 cm³/mol. The molecule has 5 rings (SSSR count). The first-order chi connectivity index (χ1) is 14.7. The van der Waals surface area contributed by atoms with E-state index in [1.54, 1.807) is 12.1 Å². The zero-order valence-electron chi connectivity index (χ0n) is 16.8. The number of amides is 1. The molecule has 1 aliphatic heterocycles. The maximum atomic E-state index is 13.2. The van der Waals surface area contributed by atoms with Crippen molar-refractivity contribution in [1.29, 1.82) is 0 Å². The summed E-state index contributed by atoms with van der Waals surface area (Å²) in [6.45, 7) is 1.49. The monoisotopic (exact) mass is 405 g/mol. The number of hydrogen-bond donors (Lipinski definition) is 1. The van der Waals surface area contributed by atoms with E-state index in [2.05, 4.69) is 16.5 Å². The molecule has 0 fully saturated rings. The summed E-state index contributed by atoms with van der Waals surface area (Å²) in [6, 6.07) is 12.5. The van der Waals surface area contributed by atoms with Crippen LogP contribution in [-0.4, -0.2) is 22.3 Å². The quantitative estimate of drug-likeness (QED) is 0.705. The first kappa shape index (κ1) is 19.0. The Morgan fingerprint density at radius 1 is 1.07 bits per heavy atom. The summed E-state index contributed by atoms with van der Waals surface area (Å²) in [6.07, 6.45) is 5.11. The molecule has 2 aliphatic rings. The number of carbonyl (C=O) groups excluding carboxylic acids is 1. The third-order valence-electron chi connectivity index (χ3n) is 6.00. The minimum absolute atomic E-state index is 0.200. The lowest BCUT2D eigenvalue weighted by molar-refractivity contribution is 0.0984. The Kier molecular flexibility index (Phi) is 5.09. The zero-order chi connectivity index (χ0) is 20.5. The minimum Gasteiger partial charge on any atom is -0.376 e. The second-order valence-electron chi connectivity index (χ2n) is 7.97. The van der Waals surface area contributed by atoms with Crippen LogP contribution in [-0.2, 0) is 37.2 Å². The highest BCUT2D eigenvalue weighted by Crippen LogP contribution is 2.29. The van der Waals surface area contributed by atoms with Gasteiger partial charge in [-0.25, -0.2) is 4.39 Å². The smallest absolute Gasteiger partial charge is 0.276 e. The molecule has 1 aliphatic carbocycles. The maximum absolute atomic E-state index is 13.2. The van der Waals surface area contributed by atoms with E-state index in [9.17, 15) is 9.18 Å². The van der Waals surface area contributed by atoms with Gasteiger partial charge in [-0.3, -0.25) is 9.48 Å². The zero-order valence-corrected chi connectivity index (χ0v) is 16.8. The number of ether oxygens (including phenoxy) is 1. The Hall–Kier alpha value is -2.99. The van der Waals surface area contributed by atoms with Crippen molar-refractivity contribution in [3.05, 3.63) is 81.9 Å². The highest BCUT2D eigenvalue weighted by molar-refractivity contribution is 6.04. The van der Waals surface area contributed by atoms with Crippen molar-refractivity contribution in [3.63, 3.8) is 0 Å². The molecule has 154 valence electrons. The van der Waals surface area contributed by atoms with Gasteiger partial charge in [-0.2, -0.15) is 5.10 Å². The molecular weight excluding hydrogens is 381 g/mol. The largest absolute Gasteiger partial charge is 0.376 e. The van der Waals surface area contributed by atoms with E-state index < -0.39 is 0 Å². The first-order valence-corrected chi connectivity index (χ1v) is 10.5. The molecule has 0 spiro atoms. The topological polar surface area (TPSA) is 56.2 Å². The molecule has 1 N–H and O–H groups in total. The third kappa shape index (κ3) is 3.63. The molecule has 0 saturated carbocycles. The summed E-state index contributed by atoms with van der Waals surface area (Å²) < 4.78 is 20.7. The number of rotatable bonds is 4. The van der Waals surface area contributed by atoms with E-state index in [-0.39, 0.29) is 11.7 Å². The Morgan fingerprint density at radius 2 is 1.90 bits per heavy atom. The van der Waals surface area contributed by atoms with Gasteiger partial charge in [0.25, 0.3) is 5.91 Å². The normalized spacial score (nSPS) is 15.4. The number of aromatic nitrogens is 2. The lowest BCUT2D eigenvalue weighted by atomic mass is 9.90. The lowest BCUT2D eigenvalue weighted by Gasteiger charge is -2.19. The van der Waals surface area contributed by atoms with Crippen molar-refractivity contribution in [2.75, 3.05) is 11.9 Å². The third-order valence-corrected chi connectivity index (χ3v) is 6.00. The number of nitrogens with one attached hydrogen (secondary N) is 1. The number of anilines is 1. The molecule has 1 aromatic heterocycles. The summed E-state index contributed by atoms with van der Waals surface area (Å²) in [5.74, 6) is -0.463. The molecule has 0 radical (unpaired) electrons. The van der Waals surface area contributed by atoms with E-state index in [1.807, 2.05) is 16.8 Å². The fourth-order valence-corrected chi connectivity index (χ4v) is 4.46. The SMILES string of the molecule is O=C(Nc1cccc2c1CCCC2)c1nn(Cc2ccc(F)cc2)c2c1COCC2. The number of halogens is 1. The Bertz CT molecular complexity index is 1090. The number of benzene rings is 2. The highest BCUT2D eigenvalue weighted by Gasteiger charge is 2.26.